The van der Waals surface area contributed by atoms with Gasteiger partial charge in [0.05, 0.1) is 10.9 Å². The molecule has 1 saturated heterocycles. The number of hydrogen-bond donors (Lipinski definition) is 1. The predicted molar refractivity (Wildman–Crippen MR) is 73.5 cm³/mol. The van der Waals surface area contributed by atoms with E-state index in [1.54, 1.807) is 0 Å². The Kier molecular flexibility index (Phi) is 4.24. The van der Waals surface area contributed by atoms with Gasteiger partial charge in [-0.3, -0.25) is 14.5 Å². The molecule has 0 saturated carbocycles. The van der Waals surface area contributed by atoms with Crippen LogP contribution in [0.2, 0.25) is 0 Å². The second kappa shape index (κ2) is 5.90. The highest BCUT2D eigenvalue weighted by Gasteiger charge is 2.30. The third kappa shape index (κ3) is 3.15. The Morgan fingerprint density at radius 1 is 1.26 bits per heavy atom. The van der Waals surface area contributed by atoms with Gasteiger partial charge in [-0.15, -0.1) is 0 Å². The van der Waals surface area contributed by atoms with Crippen LogP contribution < -0.4 is 5.73 Å². The monoisotopic (exact) mass is 278 g/mol. The molecule has 5 nitrogen and oxygen atoms in total. The Hall–Kier alpha value is -1.79. The second-order valence-electron chi connectivity index (χ2n) is 4.26. The van der Waals surface area contributed by atoms with E-state index in [2.05, 4.69) is 0 Å². The number of morpholine rings is 1. The Morgan fingerprint density at radius 2 is 1.84 bits per heavy atom. The molecule has 1 heterocycles. The van der Waals surface area contributed by atoms with Gasteiger partial charge in [0.25, 0.3) is 11.8 Å². The second-order valence-corrected chi connectivity index (χ2v) is 4.73. The van der Waals surface area contributed by atoms with Gasteiger partial charge in [0.2, 0.25) is 0 Å². The lowest BCUT2D eigenvalue weighted by Crippen LogP contribution is -2.49. The minimum atomic E-state index is -0.353. The van der Waals surface area contributed by atoms with Gasteiger partial charge in [-0.05, 0) is 5.56 Å². The molecule has 0 radical (unpaired) electrons. The van der Waals surface area contributed by atoms with E-state index in [4.69, 9.17) is 22.7 Å². The van der Waals surface area contributed by atoms with Gasteiger partial charge < -0.3 is 10.5 Å². The highest BCUT2D eigenvalue weighted by Crippen LogP contribution is 2.18. The van der Waals surface area contributed by atoms with Crippen LogP contribution in [0.4, 0.5) is 0 Å². The van der Waals surface area contributed by atoms with Crippen LogP contribution in [0.1, 0.15) is 11.5 Å². The molecule has 1 aromatic rings. The van der Waals surface area contributed by atoms with E-state index in [1.807, 2.05) is 30.3 Å². The molecule has 0 spiro atoms. The summed E-state index contributed by atoms with van der Waals surface area (Å²) in [7, 11) is 0. The minimum Gasteiger partial charge on any atom is -0.393 e. The summed E-state index contributed by atoms with van der Waals surface area (Å²) in [6.45, 7) is 0.00946. The fourth-order valence-electron chi connectivity index (χ4n) is 1.95. The van der Waals surface area contributed by atoms with Gasteiger partial charge in [0.15, 0.2) is 0 Å². The molecule has 0 aliphatic carbocycles. The first kappa shape index (κ1) is 13.6. The van der Waals surface area contributed by atoms with E-state index in [-0.39, 0.29) is 42.5 Å². The van der Waals surface area contributed by atoms with E-state index >= 15 is 0 Å². The quantitative estimate of drug-likeness (QED) is 0.639. The van der Waals surface area contributed by atoms with Gasteiger partial charge in [-0.1, -0.05) is 42.5 Å². The zero-order chi connectivity index (χ0) is 13.8. The third-order valence-electron chi connectivity index (χ3n) is 2.96. The lowest BCUT2D eigenvalue weighted by molar-refractivity contribution is -0.158. The summed E-state index contributed by atoms with van der Waals surface area (Å²) >= 11 is 5.04. The summed E-state index contributed by atoms with van der Waals surface area (Å²) in [6.07, 6.45) is 0. The van der Waals surface area contributed by atoms with Crippen LogP contribution in [-0.2, 0) is 14.3 Å². The van der Waals surface area contributed by atoms with E-state index < -0.39 is 0 Å². The molecule has 19 heavy (non-hydrogen) atoms. The van der Waals surface area contributed by atoms with Crippen molar-refractivity contribution in [2.24, 2.45) is 5.73 Å². The molecule has 0 aromatic heterocycles. The van der Waals surface area contributed by atoms with Crippen LogP contribution in [0, 0.1) is 0 Å². The van der Waals surface area contributed by atoms with Crippen LogP contribution in [0.15, 0.2) is 30.3 Å². The minimum absolute atomic E-state index is 0.0788. The number of benzene rings is 1. The van der Waals surface area contributed by atoms with Crippen molar-refractivity contribution in [3.63, 3.8) is 0 Å². The Morgan fingerprint density at radius 3 is 2.37 bits per heavy atom. The van der Waals surface area contributed by atoms with Crippen LogP contribution >= 0.6 is 12.2 Å². The standard InChI is InChI=1S/C13H14N2O3S/c14-13(19)10(9-4-2-1-3-5-9)6-15-11(16)7-18-8-12(15)17/h1-5,10H,6-8H2,(H2,14,19). The molecule has 1 atom stereocenters. The molecule has 1 aliphatic heterocycles. The largest absolute Gasteiger partial charge is 0.393 e. The molecule has 6 heteroatoms. The van der Waals surface area contributed by atoms with Gasteiger partial charge in [0, 0.05) is 6.54 Å². The SMILES string of the molecule is NC(=S)C(CN1C(=O)COCC1=O)c1ccccc1. The smallest absolute Gasteiger partial charge is 0.255 e. The number of rotatable bonds is 4. The maximum Gasteiger partial charge on any atom is 0.255 e. The number of ether oxygens (including phenoxy) is 1. The average Bonchev–Trinajstić information content (AvgIpc) is 2.39. The fourth-order valence-corrected chi connectivity index (χ4v) is 2.16. The molecule has 2 rings (SSSR count). The first-order chi connectivity index (χ1) is 9.09. The molecule has 1 unspecified atom stereocenters. The van der Waals surface area contributed by atoms with Crippen LogP contribution in [0.3, 0.4) is 0 Å². The predicted octanol–water partition coefficient (Wildman–Crippen LogP) is 0.442. The molecule has 2 amide bonds. The Bertz CT molecular complexity index is 488. The summed E-state index contributed by atoms with van der Waals surface area (Å²) in [5.41, 5.74) is 6.62. The molecular formula is C13H14N2O3S. The van der Waals surface area contributed by atoms with Crippen molar-refractivity contribution < 1.29 is 14.3 Å². The van der Waals surface area contributed by atoms with Crippen molar-refractivity contribution in [1.82, 2.24) is 4.90 Å². The summed E-state index contributed by atoms with van der Waals surface area (Å²) in [6, 6.07) is 9.36. The molecule has 2 N–H and O–H groups in total. The maximum absolute atomic E-state index is 11.7. The zero-order valence-corrected chi connectivity index (χ0v) is 11.1. The topological polar surface area (TPSA) is 72.6 Å². The number of hydrogen-bond acceptors (Lipinski definition) is 4. The number of carbonyl (C=O) groups is 2. The number of amides is 2. The molecule has 1 aliphatic rings. The normalized spacial score (nSPS) is 17.4. The van der Waals surface area contributed by atoms with Crippen molar-refractivity contribution in [2.45, 2.75) is 5.92 Å². The van der Waals surface area contributed by atoms with Crippen molar-refractivity contribution in [2.75, 3.05) is 19.8 Å². The van der Waals surface area contributed by atoms with Gasteiger partial charge >= 0.3 is 0 Å². The third-order valence-corrected chi connectivity index (χ3v) is 3.25. The van der Waals surface area contributed by atoms with Crippen molar-refractivity contribution in [3.8, 4) is 0 Å². The Balaban J connectivity index is 2.19. The summed E-state index contributed by atoms with van der Waals surface area (Å²) in [5.74, 6) is -1.04. The summed E-state index contributed by atoms with van der Waals surface area (Å²) in [4.78, 5) is 24.8. The molecule has 100 valence electrons. The first-order valence-electron chi connectivity index (χ1n) is 5.85. The van der Waals surface area contributed by atoms with E-state index in [9.17, 15) is 9.59 Å². The zero-order valence-electron chi connectivity index (χ0n) is 10.2. The lowest BCUT2D eigenvalue weighted by atomic mass is 9.98. The Labute approximate surface area is 116 Å². The lowest BCUT2D eigenvalue weighted by Gasteiger charge is -2.28. The number of imide groups is 1. The fraction of sp³-hybridized carbons (Fsp3) is 0.308. The molecule has 1 fully saturated rings. The molecule has 1 aromatic carbocycles. The first-order valence-corrected chi connectivity index (χ1v) is 6.25. The van der Waals surface area contributed by atoms with E-state index in [1.165, 1.54) is 4.90 Å². The summed E-state index contributed by atoms with van der Waals surface area (Å²) in [5, 5.41) is 0. The maximum atomic E-state index is 11.7. The van der Waals surface area contributed by atoms with Crippen LogP contribution in [0.5, 0.6) is 0 Å². The highest BCUT2D eigenvalue weighted by atomic mass is 32.1. The molecule has 0 bridgehead atoms. The number of nitrogens with zero attached hydrogens (tertiary/aromatic N) is 1. The average molecular weight is 278 g/mol. The number of thiocarbonyl (C=S) groups is 1. The van der Waals surface area contributed by atoms with E-state index in [0.717, 1.165) is 5.56 Å². The van der Waals surface area contributed by atoms with Gasteiger partial charge in [-0.25, -0.2) is 0 Å². The van der Waals surface area contributed by atoms with Crippen molar-refractivity contribution in [1.29, 1.82) is 0 Å². The highest BCUT2D eigenvalue weighted by molar-refractivity contribution is 7.80. The number of nitrogens with two attached hydrogens (primary N) is 1. The van der Waals surface area contributed by atoms with Crippen LogP contribution in [-0.4, -0.2) is 41.5 Å². The van der Waals surface area contributed by atoms with Gasteiger partial charge in [-0.2, -0.15) is 0 Å². The van der Waals surface area contributed by atoms with Crippen LogP contribution in [0.25, 0.3) is 0 Å². The molecular weight excluding hydrogens is 264 g/mol. The van der Waals surface area contributed by atoms with Crippen molar-refractivity contribution in [3.05, 3.63) is 35.9 Å². The van der Waals surface area contributed by atoms with Crippen molar-refractivity contribution >= 4 is 29.0 Å². The summed E-state index contributed by atoms with van der Waals surface area (Å²) < 4.78 is 4.87. The number of carbonyl (C=O) groups excluding carboxylic acids is 2. The van der Waals surface area contributed by atoms with E-state index in [0.29, 0.717) is 0 Å². The van der Waals surface area contributed by atoms with Gasteiger partial charge in [0.1, 0.15) is 13.2 Å².